The lowest BCUT2D eigenvalue weighted by atomic mass is 10.1. The molecule has 2 rings (SSSR count). The highest BCUT2D eigenvalue weighted by Gasteiger charge is 2.13. The summed E-state index contributed by atoms with van der Waals surface area (Å²) in [5.74, 6) is -0.896. The van der Waals surface area contributed by atoms with E-state index in [1.54, 1.807) is 0 Å². The van der Waals surface area contributed by atoms with Gasteiger partial charge in [-0.2, -0.15) is 5.10 Å². The number of nitrogens with two attached hydrogens (primary N) is 1. The SMILES string of the molecule is NC(=O)c1[nH]ncc1NC(=O)Cc1ccccc1. The van der Waals surface area contributed by atoms with Gasteiger partial charge in [0.25, 0.3) is 5.91 Å². The Bertz CT molecular complexity index is 562. The van der Waals surface area contributed by atoms with Crippen LogP contribution in [0.4, 0.5) is 5.69 Å². The van der Waals surface area contributed by atoms with E-state index in [9.17, 15) is 9.59 Å². The molecule has 0 fully saturated rings. The number of carbonyl (C=O) groups is 2. The number of nitrogens with zero attached hydrogens (tertiary/aromatic N) is 1. The molecule has 92 valence electrons. The number of primary amides is 1. The van der Waals surface area contributed by atoms with Gasteiger partial charge in [-0.25, -0.2) is 0 Å². The van der Waals surface area contributed by atoms with Crippen LogP contribution in [0.3, 0.4) is 0 Å². The molecule has 0 saturated heterocycles. The lowest BCUT2D eigenvalue weighted by molar-refractivity contribution is -0.115. The van der Waals surface area contributed by atoms with E-state index >= 15 is 0 Å². The van der Waals surface area contributed by atoms with Crippen molar-refractivity contribution >= 4 is 17.5 Å². The zero-order valence-electron chi connectivity index (χ0n) is 9.51. The van der Waals surface area contributed by atoms with E-state index < -0.39 is 5.91 Å². The molecular formula is C12H12N4O2. The van der Waals surface area contributed by atoms with Crippen molar-refractivity contribution in [1.29, 1.82) is 0 Å². The number of H-pyrrole nitrogens is 1. The maximum absolute atomic E-state index is 11.7. The van der Waals surface area contributed by atoms with E-state index in [1.165, 1.54) is 6.20 Å². The molecule has 6 nitrogen and oxygen atoms in total. The fourth-order valence-electron chi connectivity index (χ4n) is 1.54. The lowest BCUT2D eigenvalue weighted by Gasteiger charge is -2.04. The van der Waals surface area contributed by atoms with Gasteiger partial charge in [0.2, 0.25) is 5.91 Å². The molecule has 0 aliphatic carbocycles. The van der Waals surface area contributed by atoms with Gasteiger partial charge in [-0.3, -0.25) is 14.7 Å². The van der Waals surface area contributed by atoms with Crippen molar-refractivity contribution < 1.29 is 9.59 Å². The molecule has 1 aromatic carbocycles. The zero-order valence-corrected chi connectivity index (χ0v) is 9.51. The van der Waals surface area contributed by atoms with Crippen molar-refractivity contribution in [2.24, 2.45) is 5.73 Å². The summed E-state index contributed by atoms with van der Waals surface area (Å²) >= 11 is 0. The van der Waals surface area contributed by atoms with E-state index in [0.717, 1.165) is 5.56 Å². The number of benzene rings is 1. The number of carbonyl (C=O) groups excluding carboxylic acids is 2. The molecule has 0 radical (unpaired) electrons. The van der Waals surface area contributed by atoms with Gasteiger partial charge < -0.3 is 11.1 Å². The first-order chi connectivity index (χ1) is 8.66. The van der Waals surface area contributed by atoms with Gasteiger partial charge in [-0.1, -0.05) is 30.3 Å². The first-order valence-corrected chi connectivity index (χ1v) is 5.34. The molecule has 1 heterocycles. The van der Waals surface area contributed by atoms with Gasteiger partial charge in [0.15, 0.2) is 0 Å². The Hall–Kier alpha value is -2.63. The van der Waals surface area contributed by atoms with E-state index in [2.05, 4.69) is 15.5 Å². The number of hydrogen-bond acceptors (Lipinski definition) is 3. The van der Waals surface area contributed by atoms with Gasteiger partial charge in [0.1, 0.15) is 5.69 Å². The van der Waals surface area contributed by atoms with Crippen LogP contribution in [0.1, 0.15) is 16.1 Å². The van der Waals surface area contributed by atoms with E-state index in [1.807, 2.05) is 30.3 Å². The lowest BCUT2D eigenvalue weighted by Crippen LogP contribution is -2.18. The predicted molar refractivity (Wildman–Crippen MR) is 65.9 cm³/mol. The second-order valence-corrected chi connectivity index (χ2v) is 3.73. The Labute approximate surface area is 103 Å². The first kappa shape index (κ1) is 11.8. The zero-order chi connectivity index (χ0) is 13.0. The predicted octanol–water partition coefficient (Wildman–Crippen LogP) is 0.690. The standard InChI is InChI=1S/C12H12N4O2/c13-12(18)11-9(7-14-16-11)15-10(17)6-8-4-2-1-3-5-8/h1-5,7H,6H2,(H2,13,18)(H,14,16)(H,15,17). The molecule has 0 saturated carbocycles. The molecule has 0 bridgehead atoms. The fraction of sp³-hybridized carbons (Fsp3) is 0.0833. The minimum Gasteiger partial charge on any atom is -0.364 e. The third-order valence-electron chi connectivity index (χ3n) is 2.37. The van der Waals surface area contributed by atoms with Crippen LogP contribution in [0.25, 0.3) is 0 Å². The monoisotopic (exact) mass is 244 g/mol. The van der Waals surface area contributed by atoms with E-state index in [0.29, 0.717) is 5.69 Å². The molecule has 0 aliphatic heterocycles. The van der Waals surface area contributed by atoms with Gasteiger partial charge in [-0.05, 0) is 5.56 Å². The van der Waals surface area contributed by atoms with Crippen molar-refractivity contribution in [3.05, 3.63) is 47.8 Å². The molecular weight excluding hydrogens is 232 g/mol. The van der Waals surface area contributed by atoms with Crippen LogP contribution in [-0.2, 0) is 11.2 Å². The second-order valence-electron chi connectivity index (χ2n) is 3.73. The summed E-state index contributed by atoms with van der Waals surface area (Å²) in [7, 11) is 0. The highest BCUT2D eigenvalue weighted by Crippen LogP contribution is 2.11. The highest BCUT2D eigenvalue weighted by molar-refractivity contribution is 6.01. The highest BCUT2D eigenvalue weighted by atomic mass is 16.2. The van der Waals surface area contributed by atoms with Crippen LogP contribution in [-0.4, -0.2) is 22.0 Å². The Morgan fingerprint density at radius 1 is 1.28 bits per heavy atom. The number of nitrogens with one attached hydrogen (secondary N) is 2. The summed E-state index contributed by atoms with van der Waals surface area (Å²) in [6.07, 6.45) is 1.58. The number of amides is 2. The van der Waals surface area contributed by atoms with Crippen molar-refractivity contribution in [2.75, 3.05) is 5.32 Å². The molecule has 4 N–H and O–H groups in total. The third kappa shape index (κ3) is 2.73. The second kappa shape index (κ2) is 5.13. The fourth-order valence-corrected chi connectivity index (χ4v) is 1.54. The van der Waals surface area contributed by atoms with Crippen molar-refractivity contribution in [1.82, 2.24) is 10.2 Å². The Balaban J connectivity index is 2.04. The van der Waals surface area contributed by atoms with Crippen LogP contribution >= 0.6 is 0 Å². The molecule has 1 aromatic heterocycles. The summed E-state index contributed by atoms with van der Waals surface area (Å²) in [6.45, 7) is 0. The summed E-state index contributed by atoms with van der Waals surface area (Å²) in [5.41, 5.74) is 6.40. The first-order valence-electron chi connectivity index (χ1n) is 5.34. The van der Waals surface area contributed by atoms with Gasteiger partial charge >= 0.3 is 0 Å². The number of aromatic amines is 1. The number of hydrogen-bond donors (Lipinski definition) is 3. The molecule has 0 unspecified atom stereocenters. The number of anilines is 1. The summed E-state index contributed by atoms with van der Waals surface area (Å²) in [5, 5.41) is 8.68. The summed E-state index contributed by atoms with van der Waals surface area (Å²) in [6, 6.07) is 9.29. The maximum Gasteiger partial charge on any atom is 0.268 e. The van der Waals surface area contributed by atoms with E-state index in [-0.39, 0.29) is 18.0 Å². The molecule has 6 heteroatoms. The minimum absolute atomic E-state index is 0.0939. The molecule has 0 aliphatic rings. The van der Waals surface area contributed by atoms with Crippen LogP contribution in [0.15, 0.2) is 36.5 Å². The number of aromatic nitrogens is 2. The summed E-state index contributed by atoms with van der Waals surface area (Å²) < 4.78 is 0. The normalized spacial score (nSPS) is 10.0. The van der Waals surface area contributed by atoms with Crippen LogP contribution in [0.5, 0.6) is 0 Å². The maximum atomic E-state index is 11.7. The topological polar surface area (TPSA) is 101 Å². The van der Waals surface area contributed by atoms with Crippen LogP contribution in [0, 0.1) is 0 Å². The molecule has 2 aromatic rings. The average molecular weight is 244 g/mol. The van der Waals surface area contributed by atoms with Crippen molar-refractivity contribution in [3.8, 4) is 0 Å². The average Bonchev–Trinajstić information content (AvgIpc) is 2.78. The third-order valence-corrected chi connectivity index (χ3v) is 2.37. The van der Waals surface area contributed by atoms with Gasteiger partial charge in [-0.15, -0.1) is 0 Å². The molecule has 0 atom stereocenters. The van der Waals surface area contributed by atoms with Crippen molar-refractivity contribution in [3.63, 3.8) is 0 Å². The molecule has 18 heavy (non-hydrogen) atoms. The number of rotatable bonds is 4. The van der Waals surface area contributed by atoms with Crippen molar-refractivity contribution in [2.45, 2.75) is 6.42 Å². The van der Waals surface area contributed by atoms with Crippen LogP contribution in [0.2, 0.25) is 0 Å². The van der Waals surface area contributed by atoms with Crippen LogP contribution < -0.4 is 11.1 Å². The quantitative estimate of drug-likeness (QED) is 0.737. The Morgan fingerprint density at radius 3 is 2.67 bits per heavy atom. The molecule has 0 spiro atoms. The Morgan fingerprint density at radius 2 is 2.00 bits per heavy atom. The van der Waals surface area contributed by atoms with E-state index in [4.69, 9.17) is 5.73 Å². The van der Waals surface area contributed by atoms with Gasteiger partial charge in [0, 0.05) is 0 Å². The Kier molecular flexibility index (Phi) is 3.38. The van der Waals surface area contributed by atoms with Gasteiger partial charge in [0.05, 0.1) is 18.3 Å². The molecule has 2 amide bonds. The summed E-state index contributed by atoms with van der Waals surface area (Å²) in [4.78, 5) is 22.8. The smallest absolute Gasteiger partial charge is 0.268 e. The minimum atomic E-state index is -0.664. The largest absolute Gasteiger partial charge is 0.364 e.